The Balaban J connectivity index is 1.49. The molecule has 0 unspecified atom stereocenters. The van der Waals surface area contributed by atoms with Crippen LogP contribution in [0, 0.1) is 5.82 Å². The van der Waals surface area contributed by atoms with Crippen LogP contribution >= 0.6 is 11.6 Å². The number of nitrogens with zero attached hydrogens (tertiary/aromatic N) is 4. The molecule has 2 fully saturated rings. The fraction of sp³-hybridized carbons (Fsp3) is 0.381. The van der Waals surface area contributed by atoms with Crippen LogP contribution in [-0.4, -0.2) is 51.3 Å². The number of pyridine rings is 1. The van der Waals surface area contributed by atoms with E-state index in [1.54, 1.807) is 12.1 Å². The standard InChI is InChI=1S/C21H19ClF2N4O2/c22-18-16(24)17-15(10-25-18)19(30-14-5-2-1-3-6-14)27-20(26-17)29-12-21-7-4-8-28(21)11-13(23)9-21/h1-3,5-6,10,13H,4,7-9,11-12H2/t13-,21+/m1/s1. The van der Waals surface area contributed by atoms with Gasteiger partial charge in [0.2, 0.25) is 5.88 Å². The van der Waals surface area contributed by atoms with Gasteiger partial charge in [0, 0.05) is 19.2 Å². The maximum Gasteiger partial charge on any atom is 0.320 e. The molecule has 0 N–H and O–H groups in total. The third-order valence-corrected chi connectivity index (χ3v) is 6.04. The second-order valence-corrected chi connectivity index (χ2v) is 8.07. The van der Waals surface area contributed by atoms with Crippen molar-refractivity contribution in [2.45, 2.75) is 31.0 Å². The maximum atomic E-state index is 14.6. The average Bonchev–Trinajstić information content (AvgIpc) is 3.26. The molecule has 0 amide bonds. The van der Waals surface area contributed by atoms with E-state index in [1.165, 1.54) is 6.20 Å². The van der Waals surface area contributed by atoms with Gasteiger partial charge in [-0.3, -0.25) is 4.90 Å². The zero-order chi connectivity index (χ0) is 20.7. The number of alkyl halides is 1. The van der Waals surface area contributed by atoms with E-state index < -0.39 is 12.0 Å². The number of rotatable bonds is 5. The van der Waals surface area contributed by atoms with E-state index >= 15 is 0 Å². The fourth-order valence-corrected chi connectivity index (χ4v) is 4.52. The van der Waals surface area contributed by atoms with Crippen LogP contribution in [0.25, 0.3) is 10.9 Å². The summed E-state index contributed by atoms with van der Waals surface area (Å²) in [5, 5.41) is -0.0205. The van der Waals surface area contributed by atoms with E-state index in [4.69, 9.17) is 21.1 Å². The summed E-state index contributed by atoms with van der Waals surface area (Å²) in [7, 11) is 0. The molecule has 9 heteroatoms. The first-order chi connectivity index (χ1) is 14.5. The average molecular weight is 433 g/mol. The molecule has 0 radical (unpaired) electrons. The topological polar surface area (TPSA) is 60.4 Å². The van der Waals surface area contributed by atoms with Crippen LogP contribution < -0.4 is 9.47 Å². The second-order valence-electron chi connectivity index (χ2n) is 7.72. The maximum absolute atomic E-state index is 14.6. The summed E-state index contributed by atoms with van der Waals surface area (Å²) in [5.74, 6) is -0.139. The fourth-order valence-electron chi connectivity index (χ4n) is 4.38. The van der Waals surface area contributed by atoms with Gasteiger partial charge in [-0.15, -0.1) is 0 Å². The molecule has 5 rings (SSSR count). The van der Waals surface area contributed by atoms with Crippen molar-refractivity contribution in [3.05, 3.63) is 47.5 Å². The van der Waals surface area contributed by atoms with Gasteiger partial charge in [-0.25, -0.2) is 13.8 Å². The first-order valence-electron chi connectivity index (χ1n) is 9.81. The molecule has 156 valence electrons. The van der Waals surface area contributed by atoms with E-state index in [2.05, 4.69) is 19.9 Å². The van der Waals surface area contributed by atoms with Crippen molar-refractivity contribution in [2.24, 2.45) is 0 Å². The Morgan fingerprint density at radius 2 is 2.07 bits per heavy atom. The lowest BCUT2D eigenvalue weighted by Crippen LogP contribution is -2.43. The lowest BCUT2D eigenvalue weighted by atomic mass is 9.95. The van der Waals surface area contributed by atoms with Crippen molar-refractivity contribution in [3.63, 3.8) is 0 Å². The zero-order valence-electron chi connectivity index (χ0n) is 16.0. The van der Waals surface area contributed by atoms with Crippen LogP contribution in [0.15, 0.2) is 36.5 Å². The van der Waals surface area contributed by atoms with Crippen LogP contribution in [-0.2, 0) is 0 Å². The molecule has 4 heterocycles. The van der Waals surface area contributed by atoms with Crippen molar-refractivity contribution >= 4 is 22.5 Å². The Morgan fingerprint density at radius 1 is 1.23 bits per heavy atom. The van der Waals surface area contributed by atoms with Crippen molar-refractivity contribution in [1.29, 1.82) is 0 Å². The third kappa shape index (κ3) is 3.44. The summed E-state index contributed by atoms with van der Waals surface area (Å²) in [4.78, 5) is 14.5. The Morgan fingerprint density at radius 3 is 2.90 bits per heavy atom. The molecule has 2 saturated heterocycles. The molecule has 2 aliphatic heterocycles. The molecule has 0 saturated carbocycles. The molecule has 0 bridgehead atoms. The summed E-state index contributed by atoms with van der Waals surface area (Å²) < 4.78 is 40.4. The number of benzene rings is 1. The van der Waals surface area contributed by atoms with E-state index in [9.17, 15) is 8.78 Å². The highest BCUT2D eigenvalue weighted by Gasteiger charge is 2.49. The second kappa shape index (κ2) is 7.59. The van der Waals surface area contributed by atoms with Crippen molar-refractivity contribution in [1.82, 2.24) is 19.9 Å². The quantitative estimate of drug-likeness (QED) is 0.551. The van der Waals surface area contributed by atoms with Gasteiger partial charge in [0.25, 0.3) is 0 Å². The lowest BCUT2D eigenvalue weighted by Gasteiger charge is -2.30. The number of halogens is 3. The van der Waals surface area contributed by atoms with Crippen molar-refractivity contribution < 1.29 is 18.3 Å². The third-order valence-electron chi connectivity index (χ3n) is 5.77. The first kappa shape index (κ1) is 19.4. The number of hydrogen-bond acceptors (Lipinski definition) is 6. The monoisotopic (exact) mass is 432 g/mol. The smallest absolute Gasteiger partial charge is 0.320 e. The van der Waals surface area contributed by atoms with E-state index in [1.807, 2.05) is 18.2 Å². The molecular formula is C21H19ClF2N4O2. The highest BCUT2D eigenvalue weighted by atomic mass is 35.5. The Hall–Kier alpha value is -2.58. The lowest BCUT2D eigenvalue weighted by molar-refractivity contribution is 0.107. The predicted octanol–water partition coefficient (Wildman–Crippen LogP) is 4.56. The zero-order valence-corrected chi connectivity index (χ0v) is 16.8. The molecule has 0 spiro atoms. The van der Waals surface area contributed by atoms with Crippen molar-refractivity contribution in [3.8, 4) is 17.6 Å². The molecule has 0 aliphatic carbocycles. The highest BCUT2D eigenvalue weighted by molar-refractivity contribution is 6.30. The first-order valence-corrected chi connectivity index (χ1v) is 10.2. The summed E-state index contributed by atoms with van der Waals surface area (Å²) in [5.41, 5.74) is -0.409. The largest absolute Gasteiger partial charge is 0.461 e. The van der Waals surface area contributed by atoms with Crippen LogP contribution in [0.4, 0.5) is 8.78 Å². The number of hydrogen-bond donors (Lipinski definition) is 0. The van der Waals surface area contributed by atoms with Gasteiger partial charge in [-0.05, 0) is 31.5 Å². The Bertz CT molecular complexity index is 1090. The Kier molecular flexibility index (Phi) is 4.91. The van der Waals surface area contributed by atoms with E-state index in [0.29, 0.717) is 18.7 Å². The van der Waals surface area contributed by atoms with E-state index in [-0.39, 0.29) is 40.1 Å². The minimum absolute atomic E-state index is 0.0403. The minimum atomic E-state index is -0.870. The van der Waals surface area contributed by atoms with Gasteiger partial charge >= 0.3 is 6.01 Å². The molecule has 30 heavy (non-hydrogen) atoms. The molecule has 2 atom stereocenters. The summed E-state index contributed by atoms with van der Waals surface area (Å²) >= 11 is 5.84. The van der Waals surface area contributed by atoms with Gasteiger partial charge < -0.3 is 9.47 Å². The number of para-hydroxylation sites is 1. The van der Waals surface area contributed by atoms with Crippen LogP contribution in [0.3, 0.4) is 0 Å². The highest BCUT2D eigenvalue weighted by Crippen LogP contribution is 2.40. The summed E-state index contributed by atoms with van der Waals surface area (Å²) in [6, 6.07) is 8.94. The van der Waals surface area contributed by atoms with Crippen LogP contribution in [0.5, 0.6) is 17.6 Å². The minimum Gasteiger partial charge on any atom is -0.461 e. The van der Waals surface area contributed by atoms with Crippen LogP contribution in [0.1, 0.15) is 19.3 Å². The van der Waals surface area contributed by atoms with Crippen molar-refractivity contribution in [2.75, 3.05) is 19.7 Å². The number of fused-ring (bicyclic) bond motifs is 2. The normalized spacial score (nSPS) is 23.6. The van der Waals surface area contributed by atoms with Gasteiger partial charge in [-0.1, -0.05) is 29.8 Å². The predicted molar refractivity (Wildman–Crippen MR) is 107 cm³/mol. The number of ether oxygens (including phenoxy) is 2. The van der Waals surface area contributed by atoms with E-state index in [0.717, 1.165) is 19.4 Å². The van der Waals surface area contributed by atoms with Gasteiger partial charge in [0.05, 0.1) is 10.9 Å². The number of aromatic nitrogens is 3. The molecule has 2 aliphatic rings. The molecular weight excluding hydrogens is 414 g/mol. The SMILES string of the molecule is Fc1c(Cl)ncc2c(Oc3ccccc3)nc(OC[C@@]34CCCN3C[C@H](F)C4)nc12. The summed E-state index contributed by atoms with van der Waals surface area (Å²) in [6.07, 6.45) is 2.75. The van der Waals surface area contributed by atoms with Crippen LogP contribution in [0.2, 0.25) is 5.15 Å². The molecule has 2 aromatic heterocycles. The molecule has 1 aromatic carbocycles. The molecule has 3 aromatic rings. The van der Waals surface area contributed by atoms with Gasteiger partial charge in [0.15, 0.2) is 11.0 Å². The molecule has 6 nitrogen and oxygen atoms in total. The van der Waals surface area contributed by atoms with Gasteiger partial charge in [0.1, 0.15) is 24.0 Å². The van der Waals surface area contributed by atoms with Gasteiger partial charge in [-0.2, -0.15) is 9.97 Å². The summed E-state index contributed by atoms with van der Waals surface area (Å²) in [6.45, 7) is 1.49. The Labute approximate surface area is 176 Å².